The molecule has 0 aliphatic carbocycles. The summed E-state index contributed by atoms with van der Waals surface area (Å²) in [4.78, 5) is 0. The maximum atomic E-state index is 11.5. The molecule has 1 unspecified atom stereocenters. The molecule has 0 aromatic heterocycles. The first-order chi connectivity index (χ1) is 5.63. The van der Waals surface area contributed by atoms with E-state index < -0.39 is 10.0 Å². The van der Waals surface area contributed by atoms with Gasteiger partial charge >= 0.3 is 0 Å². The molecule has 0 amide bonds. The summed E-state index contributed by atoms with van der Waals surface area (Å²) in [5, 5.41) is 0. The van der Waals surface area contributed by atoms with Crippen molar-refractivity contribution in [2.45, 2.75) is 33.7 Å². The van der Waals surface area contributed by atoms with Gasteiger partial charge in [-0.2, -0.15) is 0 Å². The molecule has 0 radical (unpaired) electrons. The van der Waals surface area contributed by atoms with Crippen LogP contribution in [0, 0.1) is 5.41 Å². The summed E-state index contributed by atoms with van der Waals surface area (Å²) in [5.74, 6) is 0. The molecule has 1 atom stereocenters. The molecule has 3 nitrogen and oxygen atoms in total. The molecule has 0 saturated carbocycles. The summed E-state index contributed by atoms with van der Waals surface area (Å²) < 4.78 is 24.3. The smallest absolute Gasteiger partial charge is 0.211 e. The Hall–Kier alpha value is 0.390. The standard InChI is InChI=1S/C8H18BrNO2S/c1-7(8(2,3)4)10(5)13(11,12)6-9/h7H,6H2,1-5H3. The van der Waals surface area contributed by atoms with Gasteiger partial charge in [0.15, 0.2) is 0 Å². The van der Waals surface area contributed by atoms with Crippen LogP contribution in [0.4, 0.5) is 0 Å². The molecule has 80 valence electrons. The third-order valence-corrected chi connectivity index (χ3v) is 5.58. The van der Waals surface area contributed by atoms with E-state index in [0.717, 1.165) is 0 Å². The van der Waals surface area contributed by atoms with E-state index in [4.69, 9.17) is 0 Å². The molecular formula is C8H18BrNO2S. The molecule has 0 aliphatic heterocycles. The van der Waals surface area contributed by atoms with Crippen molar-refractivity contribution in [1.82, 2.24) is 4.31 Å². The second-order valence-electron chi connectivity index (χ2n) is 4.28. The van der Waals surface area contributed by atoms with Crippen molar-refractivity contribution < 1.29 is 8.42 Å². The highest BCUT2D eigenvalue weighted by Gasteiger charge is 2.30. The molecule has 0 spiro atoms. The Balaban J connectivity index is 4.73. The lowest BCUT2D eigenvalue weighted by Gasteiger charge is -2.34. The molecule has 0 bridgehead atoms. The second kappa shape index (κ2) is 4.28. The number of hydrogen-bond donors (Lipinski definition) is 0. The maximum Gasteiger partial charge on any atom is 0.224 e. The van der Waals surface area contributed by atoms with Crippen LogP contribution in [0.5, 0.6) is 0 Å². The summed E-state index contributed by atoms with van der Waals surface area (Å²) in [6, 6.07) is -0.00458. The molecule has 0 N–H and O–H groups in total. The average Bonchev–Trinajstić information content (AvgIpc) is 2.00. The van der Waals surface area contributed by atoms with E-state index in [-0.39, 0.29) is 16.1 Å². The van der Waals surface area contributed by atoms with Crippen LogP contribution >= 0.6 is 15.9 Å². The lowest BCUT2D eigenvalue weighted by atomic mass is 9.88. The molecule has 0 aromatic carbocycles. The van der Waals surface area contributed by atoms with Crippen LogP contribution in [0.2, 0.25) is 0 Å². The van der Waals surface area contributed by atoms with E-state index in [0.29, 0.717) is 0 Å². The molecule has 0 aliphatic rings. The van der Waals surface area contributed by atoms with E-state index in [9.17, 15) is 8.42 Å². The van der Waals surface area contributed by atoms with Gasteiger partial charge in [-0.25, -0.2) is 12.7 Å². The Labute approximate surface area is 89.7 Å². The van der Waals surface area contributed by atoms with Gasteiger partial charge in [0.25, 0.3) is 0 Å². The van der Waals surface area contributed by atoms with Crippen LogP contribution in [0.15, 0.2) is 0 Å². The second-order valence-corrected chi connectivity index (χ2v) is 7.61. The first kappa shape index (κ1) is 13.4. The Morgan fingerprint density at radius 1 is 1.38 bits per heavy atom. The first-order valence-corrected chi connectivity index (χ1v) is 6.87. The van der Waals surface area contributed by atoms with Crippen LogP contribution in [0.1, 0.15) is 27.7 Å². The van der Waals surface area contributed by atoms with E-state index in [2.05, 4.69) is 15.9 Å². The summed E-state index contributed by atoms with van der Waals surface area (Å²) in [5.41, 5.74) is -0.0377. The van der Waals surface area contributed by atoms with Gasteiger partial charge in [0.1, 0.15) is 4.66 Å². The Bertz CT molecular complexity index is 256. The molecule has 13 heavy (non-hydrogen) atoms. The van der Waals surface area contributed by atoms with Gasteiger partial charge in [0.05, 0.1) is 0 Å². The predicted molar refractivity (Wildman–Crippen MR) is 59.4 cm³/mol. The van der Waals surface area contributed by atoms with Gasteiger partial charge in [-0.3, -0.25) is 0 Å². The summed E-state index contributed by atoms with van der Waals surface area (Å²) >= 11 is 2.98. The van der Waals surface area contributed by atoms with Gasteiger partial charge in [-0.05, 0) is 12.3 Å². The van der Waals surface area contributed by atoms with Gasteiger partial charge in [0.2, 0.25) is 10.0 Å². The fraction of sp³-hybridized carbons (Fsp3) is 1.00. The predicted octanol–water partition coefficient (Wildman–Crippen LogP) is 2.04. The van der Waals surface area contributed by atoms with E-state index in [1.54, 1.807) is 7.05 Å². The number of halogens is 1. The Morgan fingerprint density at radius 2 is 1.77 bits per heavy atom. The molecule has 5 heteroatoms. The highest BCUT2D eigenvalue weighted by atomic mass is 79.9. The molecule has 0 heterocycles. The minimum atomic E-state index is -3.13. The van der Waals surface area contributed by atoms with E-state index >= 15 is 0 Å². The van der Waals surface area contributed by atoms with Crippen LogP contribution in [0.3, 0.4) is 0 Å². The fourth-order valence-electron chi connectivity index (χ4n) is 0.863. The average molecular weight is 272 g/mol. The highest BCUT2D eigenvalue weighted by Crippen LogP contribution is 2.25. The fourth-order valence-corrected chi connectivity index (χ4v) is 2.78. The first-order valence-electron chi connectivity index (χ1n) is 4.14. The lowest BCUT2D eigenvalue weighted by molar-refractivity contribution is 0.217. The normalized spacial score (nSPS) is 16.2. The van der Waals surface area contributed by atoms with Crippen molar-refractivity contribution >= 4 is 26.0 Å². The monoisotopic (exact) mass is 271 g/mol. The van der Waals surface area contributed by atoms with Crippen LogP contribution in [0.25, 0.3) is 0 Å². The molecular weight excluding hydrogens is 254 g/mol. The van der Waals surface area contributed by atoms with Gasteiger partial charge in [-0.1, -0.05) is 36.7 Å². The molecule has 0 rings (SSSR count). The van der Waals surface area contributed by atoms with Crippen LogP contribution in [-0.4, -0.2) is 30.5 Å². The summed E-state index contributed by atoms with van der Waals surface area (Å²) in [6.45, 7) is 7.99. The van der Waals surface area contributed by atoms with Crippen molar-refractivity contribution in [1.29, 1.82) is 0 Å². The highest BCUT2D eigenvalue weighted by molar-refractivity contribution is 9.10. The van der Waals surface area contributed by atoms with Crippen molar-refractivity contribution in [2.75, 3.05) is 11.7 Å². The number of alkyl halides is 1. The van der Waals surface area contributed by atoms with Crippen molar-refractivity contribution in [3.8, 4) is 0 Å². The number of nitrogens with zero attached hydrogens (tertiary/aromatic N) is 1. The zero-order chi connectivity index (χ0) is 10.9. The number of sulfonamides is 1. The Kier molecular flexibility index (Phi) is 4.40. The van der Waals surface area contributed by atoms with Crippen LogP contribution < -0.4 is 0 Å². The quantitative estimate of drug-likeness (QED) is 0.737. The summed E-state index contributed by atoms with van der Waals surface area (Å²) in [6.07, 6.45) is 0. The maximum absolute atomic E-state index is 11.5. The van der Waals surface area contributed by atoms with Crippen LogP contribution in [-0.2, 0) is 10.0 Å². The van der Waals surface area contributed by atoms with Gasteiger partial charge < -0.3 is 0 Å². The minimum Gasteiger partial charge on any atom is -0.211 e. The Morgan fingerprint density at radius 3 is 2.00 bits per heavy atom. The van der Waals surface area contributed by atoms with E-state index in [1.807, 2.05) is 27.7 Å². The number of rotatable bonds is 3. The zero-order valence-electron chi connectivity index (χ0n) is 8.83. The zero-order valence-corrected chi connectivity index (χ0v) is 11.2. The molecule has 0 aromatic rings. The SMILES string of the molecule is CC(N(C)S(=O)(=O)CBr)C(C)(C)C. The molecule has 0 fully saturated rings. The van der Waals surface area contributed by atoms with E-state index in [1.165, 1.54) is 4.31 Å². The van der Waals surface area contributed by atoms with Gasteiger partial charge in [0, 0.05) is 13.1 Å². The lowest BCUT2D eigenvalue weighted by Crippen LogP contribution is -2.43. The van der Waals surface area contributed by atoms with Crippen molar-refractivity contribution in [3.05, 3.63) is 0 Å². The third kappa shape index (κ3) is 3.56. The number of hydrogen-bond acceptors (Lipinski definition) is 2. The van der Waals surface area contributed by atoms with Crippen molar-refractivity contribution in [3.63, 3.8) is 0 Å². The minimum absolute atomic E-state index is 0.00458. The summed E-state index contributed by atoms with van der Waals surface area (Å²) in [7, 11) is -1.51. The topological polar surface area (TPSA) is 37.4 Å². The largest absolute Gasteiger partial charge is 0.224 e. The molecule has 0 saturated heterocycles. The third-order valence-electron chi connectivity index (χ3n) is 2.38. The van der Waals surface area contributed by atoms with Crippen molar-refractivity contribution in [2.24, 2.45) is 5.41 Å². The van der Waals surface area contributed by atoms with Gasteiger partial charge in [-0.15, -0.1) is 0 Å².